The average Bonchev–Trinajstić information content (AvgIpc) is 3.28. The Morgan fingerprint density at radius 2 is 2.02 bits per heavy atom. The molecular weight excluding hydrogens is 575 g/mol. The van der Waals surface area contributed by atoms with E-state index in [0.29, 0.717) is 48.5 Å². The van der Waals surface area contributed by atoms with Gasteiger partial charge in [-0.3, -0.25) is 14.5 Å². The summed E-state index contributed by atoms with van der Waals surface area (Å²) in [6, 6.07) is 11.0. The lowest BCUT2D eigenvalue weighted by molar-refractivity contribution is -0.138. The van der Waals surface area contributed by atoms with E-state index in [1.165, 1.54) is 12.1 Å². The topological polar surface area (TPSA) is 96.0 Å². The number of anilines is 1. The van der Waals surface area contributed by atoms with Crippen LogP contribution in [0.2, 0.25) is 0 Å². The number of amides is 2. The fraction of sp³-hybridized carbons (Fsp3) is 0.406. The normalized spacial score (nSPS) is 23.8. The molecule has 4 aliphatic rings. The fourth-order valence-corrected chi connectivity index (χ4v) is 6.53. The number of carbonyl (C=O) groups excluding carboxylic acids is 2. The number of fused-ring (bicyclic) bond motifs is 4. The van der Waals surface area contributed by atoms with Gasteiger partial charge in [0.15, 0.2) is 0 Å². The maximum Gasteiger partial charge on any atom is 0.416 e. The molecule has 1 aromatic heterocycles. The maximum absolute atomic E-state index is 14.1. The van der Waals surface area contributed by atoms with Gasteiger partial charge in [-0.15, -0.1) is 0 Å². The second-order valence-electron chi connectivity index (χ2n) is 12.1. The number of hydrogen-bond donors (Lipinski definition) is 2. The molecule has 2 N–H and O–H groups in total. The molecule has 0 bridgehead atoms. The van der Waals surface area contributed by atoms with Gasteiger partial charge in [-0.05, 0) is 68.9 Å². The van der Waals surface area contributed by atoms with Crippen molar-refractivity contribution in [3.05, 3.63) is 76.5 Å². The van der Waals surface area contributed by atoms with E-state index in [2.05, 4.69) is 20.5 Å². The number of alkyl halides is 3. The van der Waals surface area contributed by atoms with Crippen LogP contribution in [0.3, 0.4) is 0 Å². The van der Waals surface area contributed by atoms with Crippen molar-refractivity contribution in [1.82, 2.24) is 20.1 Å². The predicted molar refractivity (Wildman–Crippen MR) is 155 cm³/mol. The summed E-state index contributed by atoms with van der Waals surface area (Å²) in [7, 11) is 3.95. The van der Waals surface area contributed by atoms with Crippen molar-refractivity contribution < 1.29 is 32.2 Å². The molecule has 4 atom stereocenters. The summed E-state index contributed by atoms with van der Waals surface area (Å²) in [6.45, 7) is 1.61. The predicted octanol–water partition coefficient (Wildman–Crippen LogP) is 4.57. The van der Waals surface area contributed by atoms with Gasteiger partial charge >= 0.3 is 6.18 Å². The monoisotopic (exact) mass is 607 g/mol. The summed E-state index contributed by atoms with van der Waals surface area (Å²) in [5, 5.41) is 5.64. The van der Waals surface area contributed by atoms with Crippen LogP contribution in [0.25, 0.3) is 0 Å². The second kappa shape index (κ2) is 10.8. The Labute approximate surface area is 252 Å². The van der Waals surface area contributed by atoms with Crippen LogP contribution in [-0.2, 0) is 23.9 Å². The van der Waals surface area contributed by atoms with Crippen molar-refractivity contribution in [2.75, 3.05) is 32.5 Å². The van der Waals surface area contributed by atoms with Crippen molar-refractivity contribution in [2.45, 2.75) is 56.1 Å². The summed E-state index contributed by atoms with van der Waals surface area (Å²) in [6.07, 6.45) is -1.54. The number of pyridine rings is 1. The lowest BCUT2D eigenvalue weighted by Crippen LogP contribution is -2.32. The minimum atomic E-state index is -4.58. The number of rotatable bonds is 7. The van der Waals surface area contributed by atoms with Gasteiger partial charge in [-0.1, -0.05) is 6.07 Å². The van der Waals surface area contributed by atoms with Gasteiger partial charge < -0.3 is 25.0 Å². The number of ether oxygens (including phenoxy) is 2. The van der Waals surface area contributed by atoms with E-state index in [4.69, 9.17) is 9.47 Å². The Morgan fingerprint density at radius 3 is 2.80 bits per heavy atom. The van der Waals surface area contributed by atoms with Crippen molar-refractivity contribution in [1.29, 1.82) is 0 Å². The Morgan fingerprint density at radius 1 is 1.18 bits per heavy atom. The molecule has 44 heavy (non-hydrogen) atoms. The third-order valence-corrected chi connectivity index (χ3v) is 9.00. The molecular formula is C32H32F3N5O4. The highest BCUT2D eigenvalue weighted by Gasteiger charge is 2.59. The first-order valence-electron chi connectivity index (χ1n) is 14.7. The van der Waals surface area contributed by atoms with E-state index >= 15 is 0 Å². The molecule has 0 radical (unpaired) electrons. The van der Waals surface area contributed by atoms with Gasteiger partial charge in [0, 0.05) is 55.0 Å². The van der Waals surface area contributed by atoms with Gasteiger partial charge in [0.05, 0.1) is 17.5 Å². The molecule has 7 rings (SSSR count). The molecule has 230 valence electrons. The van der Waals surface area contributed by atoms with E-state index < -0.39 is 17.6 Å². The molecule has 3 aliphatic heterocycles. The van der Waals surface area contributed by atoms with Crippen LogP contribution >= 0.6 is 0 Å². The van der Waals surface area contributed by atoms with Crippen LogP contribution in [-0.4, -0.2) is 72.0 Å². The zero-order chi connectivity index (χ0) is 30.7. The quantitative estimate of drug-likeness (QED) is 0.406. The Kier molecular flexibility index (Phi) is 7.00. The molecule has 1 saturated carbocycles. The molecule has 2 aromatic carbocycles. The number of benzene rings is 2. The van der Waals surface area contributed by atoms with Crippen LogP contribution in [0.15, 0.2) is 48.7 Å². The fourth-order valence-electron chi connectivity index (χ4n) is 6.53. The maximum atomic E-state index is 14.1. The lowest BCUT2D eigenvalue weighted by Gasteiger charge is -2.22. The van der Waals surface area contributed by atoms with Crippen molar-refractivity contribution >= 4 is 17.6 Å². The van der Waals surface area contributed by atoms with Gasteiger partial charge in [-0.2, -0.15) is 13.2 Å². The number of aromatic nitrogens is 1. The Bertz CT molecular complexity index is 1640. The van der Waals surface area contributed by atoms with Crippen molar-refractivity contribution in [2.24, 2.45) is 0 Å². The van der Waals surface area contributed by atoms with Crippen molar-refractivity contribution in [3.8, 4) is 17.2 Å². The standard InChI is InChI=1S/C32H32F3N5O4/c1-39(2)19-10-12-40(16-19)15-18-4-3-17(13-23(18)32(33,34)35)31(42)38-28-27-22-14-20(5-7-24(22)44-29(27)28)43-25-9-11-36-30-21(25)6-8-26(41)37-30/h3-5,7,9,11,13-14,19,27-29H,6,8,10,12,15-16H2,1-2H3,(H,38,42)(H,36,37,41)/t19-,27+,28-,29+/m1/s1. The molecule has 2 amide bonds. The van der Waals surface area contributed by atoms with E-state index in [-0.39, 0.29) is 41.6 Å². The van der Waals surface area contributed by atoms with Gasteiger partial charge in [0.2, 0.25) is 5.91 Å². The van der Waals surface area contributed by atoms with Crippen LogP contribution < -0.4 is 20.1 Å². The number of nitrogens with zero attached hydrogens (tertiary/aromatic N) is 3. The molecule has 3 aromatic rings. The summed E-state index contributed by atoms with van der Waals surface area (Å²) in [5.41, 5.74) is 1.03. The van der Waals surface area contributed by atoms with Crippen LogP contribution in [0.5, 0.6) is 17.2 Å². The molecule has 9 nitrogen and oxygen atoms in total. The SMILES string of the molecule is CN(C)[C@@H]1CCN(Cc2ccc(C(=O)N[C@H]3[C@H]4Oc5ccc(Oc6ccnc7c6CCC(=O)N7)cc5[C@@H]34)cc2C(F)(F)F)C1. The first kappa shape index (κ1) is 28.6. The van der Waals surface area contributed by atoms with Gasteiger partial charge in [0.25, 0.3) is 5.91 Å². The Hall–Kier alpha value is -4.16. The summed E-state index contributed by atoms with van der Waals surface area (Å²) < 4.78 is 54.5. The zero-order valence-corrected chi connectivity index (χ0v) is 24.3. The number of carbonyl (C=O) groups is 2. The highest BCUT2D eigenvalue weighted by Crippen LogP contribution is 2.54. The average molecular weight is 608 g/mol. The summed E-state index contributed by atoms with van der Waals surface area (Å²) in [5.74, 6) is 1.54. The number of hydrogen-bond acceptors (Lipinski definition) is 7. The summed E-state index contributed by atoms with van der Waals surface area (Å²) >= 11 is 0. The first-order valence-corrected chi connectivity index (χ1v) is 14.7. The van der Waals surface area contributed by atoms with E-state index in [9.17, 15) is 22.8 Å². The zero-order valence-electron chi connectivity index (χ0n) is 24.3. The Balaban J connectivity index is 1.04. The van der Waals surface area contributed by atoms with Gasteiger partial charge in [0.1, 0.15) is 29.2 Å². The van der Waals surface area contributed by atoms with Crippen molar-refractivity contribution in [3.63, 3.8) is 0 Å². The van der Waals surface area contributed by atoms with E-state index in [0.717, 1.165) is 30.2 Å². The molecule has 12 heteroatoms. The van der Waals surface area contributed by atoms with E-state index in [1.807, 2.05) is 25.1 Å². The van der Waals surface area contributed by atoms with Crippen LogP contribution in [0.4, 0.5) is 19.0 Å². The molecule has 2 fully saturated rings. The molecule has 0 spiro atoms. The molecule has 1 saturated heterocycles. The third kappa shape index (κ3) is 5.36. The van der Waals surface area contributed by atoms with E-state index in [1.54, 1.807) is 24.4 Å². The molecule has 0 unspecified atom stereocenters. The van der Waals surface area contributed by atoms with Gasteiger partial charge in [-0.25, -0.2) is 4.98 Å². The summed E-state index contributed by atoms with van der Waals surface area (Å²) in [4.78, 5) is 33.2. The van der Waals surface area contributed by atoms with Crippen LogP contribution in [0, 0.1) is 0 Å². The lowest BCUT2D eigenvalue weighted by atomic mass is 10.0. The highest BCUT2D eigenvalue weighted by molar-refractivity contribution is 5.95. The largest absolute Gasteiger partial charge is 0.487 e. The second-order valence-corrected chi connectivity index (χ2v) is 12.1. The smallest absolute Gasteiger partial charge is 0.416 e. The number of nitrogens with one attached hydrogen (secondary N) is 2. The molecule has 4 heterocycles. The number of likely N-dealkylation sites (N-methyl/N-ethyl adjacent to an activating group) is 1. The third-order valence-electron chi connectivity index (χ3n) is 9.00. The number of halogens is 3. The first-order chi connectivity index (χ1) is 21.0. The number of likely N-dealkylation sites (tertiary alicyclic amines) is 1. The molecule has 1 aliphatic carbocycles. The minimum absolute atomic E-state index is 0.0366. The minimum Gasteiger partial charge on any atom is -0.487 e. The highest BCUT2D eigenvalue weighted by atomic mass is 19.4. The van der Waals surface area contributed by atoms with Crippen LogP contribution in [0.1, 0.15) is 51.4 Å².